The molecule has 0 saturated carbocycles. The van der Waals surface area contributed by atoms with Crippen molar-refractivity contribution < 1.29 is 9.47 Å². The topological polar surface area (TPSA) is 47.1 Å². The molecule has 0 saturated heterocycles. The van der Waals surface area contributed by atoms with Gasteiger partial charge >= 0.3 is 0 Å². The molecule has 2 aromatic carbocycles. The highest BCUT2D eigenvalue weighted by atomic mass is 35.5. The van der Waals surface area contributed by atoms with Gasteiger partial charge in [0, 0.05) is 11.1 Å². The Balaban J connectivity index is 2.04. The number of hydrogen-bond acceptors (Lipinski definition) is 3. The van der Waals surface area contributed by atoms with Crippen LogP contribution in [0.1, 0.15) is 0 Å². The standard InChI is InChI=1S/C17H15ClN2O2/c1-21-13-7-3-5-11(9-13)16-15(18)17(20-19-16)12-6-4-8-14(10-12)22-2/h3-10H,1-2H3,(H,19,20). The van der Waals surface area contributed by atoms with Crippen LogP contribution < -0.4 is 9.47 Å². The maximum absolute atomic E-state index is 6.51. The summed E-state index contributed by atoms with van der Waals surface area (Å²) in [6.45, 7) is 0. The van der Waals surface area contributed by atoms with Gasteiger partial charge in [0.15, 0.2) is 0 Å². The van der Waals surface area contributed by atoms with Crippen LogP contribution in [0.25, 0.3) is 22.5 Å². The molecule has 1 heterocycles. The lowest BCUT2D eigenvalue weighted by Gasteiger charge is -2.04. The average Bonchev–Trinajstić information content (AvgIpc) is 2.96. The number of ether oxygens (including phenoxy) is 2. The molecule has 1 aromatic heterocycles. The summed E-state index contributed by atoms with van der Waals surface area (Å²) < 4.78 is 10.5. The first kappa shape index (κ1) is 14.5. The summed E-state index contributed by atoms with van der Waals surface area (Å²) >= 11 is 6.51. The zero-order chi connectivity index (χ0) is 15.5. The molecule has 0 spiro atoms. The molecule has 1 N–H and O–H groups in total. The highest BCUT2D eigenvalue weighted by Crippen LogP contribution is 2.36. The Kier molecular flexibility index (Phi) is 4.02. The first-order chi connectivity index (χ1) is 10.7. The second kappa shape index (κ2) is 6.12. The van der Waals surface area contributed by atoms with E-state index in [0.717, 1.165) is 28.3 Å². The van der Waals surface area contributed by atoms with Crippen LogP contribution in [0, 0.1) is 0 Å². The van der Waals surface area contributed by atoms with E-state index in [9.17, 15) is 0 Å². The molecule has 0 aliphatic rings. The number of methoxy groups -OCH3 is 2. The molecular weight excluding hydrogens is 300 g/mol. The SMILES string of the molecule is COc1cccc(-c2n[nH]c(-c3cccc(OC)c3)c2Cl)c1. The van der Waals surface area contributed by atoms with E-state index in [1.807, 2.05) is 48.5 Å². The van der Waals surface area contributed by atoms with E-state index in [1.54, 1.807) is 14.2 Å². The third-order valence-corrected chi connectivity index (χ3v) is 3.78. The summed E-state index contributed by atoms with van der Waals surface area (Å²) in [5, 5.41) is 7.91. The van der Waals surface area contributed by atoms with E-state index in [2.05, 4.69) is 10.2 Å². The number of aromatic nitrogens is 2. The number of nitrogens with one attached hydrogen (secondary N) is 1. The van der Waals surface area contributed by atoms with Gasteiger partial charge in [-0.3, -0.25) is 5.10 Å². The Morgan fingerprint density at radius 2 is 1.50 bits per heavy atom. The molecule has 0 bridgehead atoms. The normalized spacial score (nSPS) is 10.5. The average molecular weight is 315 g/mol. The Labute approximate surface area is 133 Å². The summed E-state index contributed by atoms with van der Waals surface area (Å²) in [6.07, 6.45) is 0. The first-order valence-corrected chi connectivity index (χ1v) is 7.13. The first-order valence-electron chi connectivity index (χ1n) is 6.75. The van der Waals surface area contributed by atoms with Gasteiger partial charge in [-0.05, 0) is 24.3 Å². The highest BCUT2D eigenvalue weighted by Gasteiger charge is 2.15. The Bertz CT molecular complexity index is 734. The van der Waals surface area contributed by atoms with Gasteiger partial charge in [0.25, 0.3) is 0 Å². The Morgan fingerprint density at radius 3 is 2.14 bits per heavy atom. The zero-order valence-electron chi connectivity index (χ0n) is 12.3. The quantitative estimate of drug-likeness (QED) is 0.775. The maximum Gasteiger partial charge on any atom is 0.119 e. The lowest BCUT2D eigenvalue weighted by Crippen LogP contribution is -1.84. The van der Waals surface area contributed by atoms with E-state index < -0.39 is 0 Å². The lowest BCUT2D eigenvalue weighted by molar-refractivity contribution is 0.415. The van der Waals surface area contributed by atoms with Gasteiger partial charge in [-0.1, -0.05) is 35.9 Å². The van der Waals surface area contributed by atoms with Crippen LogP contribution in [0.2, 0.25) is 5.02 Å². The van der Waals surface area contributed by atoms with Gasteiger partial charge in [0.2, 0.25) is 0 Å². The fourth-order valence-electron chi connectivity index (χ4n) is 2.26. The molecular formula is C17H15ClN2O2. The second-order valence-electron chi connectivity index (χ2n) is 4.73. The van der Waals surface area contributed by atoms with Crippen LogP contribution in [0.15, 0.2) is 48.5 Å². The van der Waals surface area contributed by atoms with E-state index in [1.165, 1.54) is 0 Å². The Morgan fingerprint density at radius 1 is 0.909 bits per heavy atom. The maximum atomic E-state index is 6.51. The van der Waals surface area contributed by atoms with Gasteiger partial charge in [-0.2, -0.15) is 5.10 Å². The van der Waals surface area contributed by atoms with Crippen LogP contribution in [0.3, 0.4) is 0 Å². The van der Waals surface area contributed by atoms with E-state index in [4.69, 9.17) is 21.1 Å². The highest BCUT2D eigenvalue weighted by molar-refractivity contribution is 6.35. The third kappa shape index (κ3) is 2.65. The number of hydrogen-bond donors (Lipinski definition) is 1. The van der Waals surface area contributed by atoms with Crippen molar-refractivity contribution in [3.8, 4) is 34.0 Å². The molecule has 0 radical (unpaired) electrons. The molecule has 3 rings (SSSR count). The largest absolute Gasteiger partial charge is 0.497 e. The lowest BCUT2D eigenvalue weighted by atomic mass is 10.1. The van der Waals surface area contributed by atoms with Gasteiger partial charge < -0.3 is 9.47 Å². The molecule has 3 aromatic rings. The fourth-order valence-corrected chi connectivity index (χ4v) is 2.56. The molecule has 0 aliphatic carbocycles. The van der Waals surface area contributed by atoms with E-state index in [-0.39, 0.29) is 0 Å². The fraction of sp³-hybridized carbons (Fsp3) is 0.118. The van der Waals surface area contributed by atoms with Crippen LogP contribution in [0.4, 0.5) is 0 Å². The molecule has 4 nitrogen and oxygen atoms in total. The third-order valence-electron chi connectivity index (χ3n) is 3.41. The number of halogens is 1. The summed E-state index contributed by atoms with van der Waals surface area (Å²) in [7, 11) is 3.27. The minimum atomic E-state index is 0.571. The van der Waals surface area contributed by atoms with Crippen molar-refractivity contribution in [3.05, 3.63) is 53.6 Å². The van der Waals surface area contributed by atoms with Crippen molar-refractivity contribution in [2.24, 2.45) is 0 Å². The van der Waals surface area contributed by atoms with E-state index >= 15 is 0 Å². The molecule has 22 heavy (non-hydrogen) atoms. The summed E-state index contributed by atoms with van der Waals surface area (Å²) in [5.41, 5.74) is 3.28. The van der Waals surface area contributed by atoms with Crippen LogP contribution >= 0.6 is 11.6 Å². The summed E-state index contributed by atoms with van der Waals surface area (Å²) in [5.74, 6) is 1.53. The van der Waals surface area contributed by atoms with Crippen molar-refractivity contribution in [3.63, 3.8) is 0 Å². The zero-order valence-corrected chi connectivity index (χ0v) is 13.0. The summed E-state index contributed by atoms with van der Waals surface area (Å²) in [4.78, 5) is 0. The van der Waals surface area contributed by atoms with Crippen LogP contribution in [-0.4, -0.2) is 24.4 Å². The van der Waals surface area contributed by atoms with Crippen LogP contribution in [0.5, 0.6) is 11.5 Å². The number of aromatic amines is 1. The van der Waals surface area contributed by atoms with Gasteiger partial charge in [-0.15, -0.1) is 0 Å². The van der Waals surface area contributed by atoms with Crippen molar-refractivity contribution in [1.82, 2.24) is 10.2 Å². The van der Waals surface area contributed by atoms with Crippen molar-refractivity contribution in [2.75, 3.05) is 14.2 Å². The molecule has 0 atom stereocenters. The van der Waals surface area contributed by atoms with Crippen LogP contribution in [-0.2, 0) is 0 Å². The van der Waals surface area contributed by atoms with Gasteiger partial charge in [0.05, 0.1) is 24.9 Å². The molecule has 0 aliphatic heterocycles. The summed E-state index contributed by atoms with van der Waals surface area (Å²) in [6, 6.07) is 15.3. The number of benzene rings is 2. The number of H-pyrrole nitrogens is 1. The van der Waals surface area contributed by atoms with Gasteiger partial charge in [-0.25, -0.2) is 0 Å². The molecule has 5 heteroatoms. The minimum absolute atomic E-state index is 0.571. The molecule has 0 fully saturated rings. The monoisotopic (exact) mass is 314 g/mol. The van der Waals surface area contributed by atoms with Crippen molar-refractivity contribution in [1.29, 1.82) is 0 Å². The van der Waals surface area contributed by atoms with Gasteiger partial charge in [0.1, 0.15) is 17.2 Å². The smallest absolute Gasteiger partial charge is 0.119 e. The predicted molar refractivity (Wildman–Crippen MR) is 87.6 cm³/mol. The number of rotatable bonds is 4. The molecule has 112 valence electrons. The van der Waals surface area contributed by atoms with Crippen molar-refractivity contribution >= 4 is 11.6 Å². The molecule has 0 unspecified atom stereocenters. The Hall–Kier alpha value is -2.46. The second-order valence-corrected chi connectivity index (χ2v) is 5.10. The predicted octanol–water partition coefficient (Wildman–Crippen LogP) is 4.41. The molecule has 0 amide bonds. The van der Waals surface area contributed by atoms with Crippen molar-refractivity contribution in [2.45, 2.75) is 0 Å². The number of nitrogens with zero attached hydrogens (tertiary/aromatic N) is 1. The van der Waals surface area contributed by atoms with E-state index in [0.29, 0.717) is 10.7 Å². The minimum Gasteiger partial charge on any atom is -0.497 e.